The molecule has 0 bridgehead atoms. The Morgan fingerprint density at radius 2 is 1.77 bits per heavy atom. The number of anilines is 1. The molecule has 5 rings (SSSR count). The zero-order valence-electron chi connectivity index (χ0n) is 25.2. The molecular formula is C30H39F3N6O4. The second-order valence-electron chi connectivity index (χ2n) is 13.4. The highest BCUT2D eigenvalue weighted by Crippen LogP contribution is 2.42. The number of hydrogen-bond acceptors (Lipinski definition) is 6. The molecule has 0 spiro atoms. The maximum absolute atomic E-state index is 14.3. The Hall–Kier alpha value is -3.77. The van der Waals surface area contributed by atoms with E-state index in [0.29, 0.717) is 44.1 Å². The van der Waals surface area contributed by atoms with Gasteiger partial charge in [-0.15, -0.1) is 0 Å². The van der Waals surface area contributed by atoms with E-state index in [0.717, 1.165) is 12.8 Å². The number of primary amides is 1. The Bertz CT molecular complexity index is 1430. The minimum absolute atomic E-state index is 0.138. The molecular weight excluding hydrogens is 565 g/mol. The quantitative estimate of drug-likeness (QED) is 0.479. The Morgan fingerprint density at radius 3 is 2.33 bits per heavy atom. The van der Waals surface area contributed by atoms with Crippen LogP contribution in [-0.4, -0.2) is 74.3 Å². The number of benzene rings is 1. The van der Waals surface area contributed by atoms with Gasteiger partial charge in [0.1, 0.15) is 5.60 Å². The molecule has 234 valence electrons. The van der Waals surface area contributed by atoms with Gasteiger partial charge >= 0.3 is 12.3 Å². The first kappa shape index (κ1) is 30.7. The number of ether oxygens (including phenoxy) is 1. The van der Waals surface area contributed by atoms with E-state index in [9.17, 15) is 27.6 Å². The number of carbonyl (C=O) groups is 3. The number of rotatable bonds is 6. The molecule has 10 nitrogen and oxygen atoms in total. The van der Waals surface area contributed by atoms with Crippen molar-refractivity contribution in [3.63, 3.8) is 0 Å². The van der Waals surface area contributed by atoms with Gasteiger partial charge in [-0.05, 0) is 84.4 Å². The van der Waals surface area contributed by atoms with Crippen LogP contribution in [0.4, 0.5) is 23.7 Å². The van der Waals surface area contributed by atoms with Crippen molar-refractivity contribution in [3.05, 3.63) is 40.7 Å². The number of carbonyl (C=O) groups excluding carboxylic acids is 3. The maximum Gasteiger partial charge on any atom is 0.435 e. The lowest BCUT2D eigenvalue weighted by Gasteiger charge is -2.42. The number of nitrogens with two attached hydrogens (primary N) is 1. The lowest BCUT2D eigenvalue weighted by Crippen LogP contribution is -2.54. The van der Waals surface area contributed by atoms with Gasteiger partial charge in [-0.3, -0.25) is 9.59 Å². The third kappa shape index (κ3) is 6.45. The summed E-state index contributed by atoms with van der Waals surface area (Å²) in [5.74, 6) is -1.06. The topological polar surface area (TPSA) is 123 Å². The Kier molecular flexibility index (Phi) is 7.67. The second kappa shape index (κ2) is 10.7. The molecule has 0 atom stereocenters. The molecule has 3 aliphatic rings. The van der Waals surface area contributed by atoms with Crippen molar-refractivity contribution in [1.82, 2.24) is 19.6 Å². The number of nitrogens with zero attached hydrogens (tertiary/aromatic N) is 4. The lowest BCUT2D eigenvalue weighted by molar-refractivity contribution is -0.141. The average molecular weight is 605 g/mol. The summed E-state index contributed by atoms with van der Waals surface area (Å²) in [4.78, 5) is 41.5. The number of fused-ring (bicyclic) bond motifs is 1. The molecule has 3 heterocycles. The standard InChI is InChI=1S/C30H39F3N6O4/c1-28(2,3)43-27(42)37-12-10-18(11-13-37)35-21-14-19(8-9-20(21)25(34)40)39-22-15-29(4,5)38(16-17-6-7-17)26(41)23(22)24(36-39)30(31,32)33/h8-9,14,17-18,35H,6-7,10-13,15-16H2,1-5H3,(H2,34,40). The van der Waals surface area contributed by atoms with Gasteiger partial charge in [-0.25, -0.2) is 9.48 Å². The van der Waals surface area contributed by atoms with Gasteiger partial charge in [0.25, 0.3) is 11.8 Å². The predicted octanol–water partition coefficient (Wildman–Crippen LogP) is 4.99. The summed E-state index contributed by atoms with van der Waals surface area (Å²) in [6, 6.07) is 4.34. The molecule has 3 N–H and O–H groups in total. The van der Waals surface area contributed by atoms with E-state index >= 15 is 0 Å². The SMILES string of the molecule is CC(C)(C)OC(=O)N1CCC(Nc2cc(-n3nc(C(F)(F)F)c4c3CC(C)(C)N(CC3CC3)C4=O)ccc2C(N)=O)CC1. The van der Waals surface area contributed by atoms with Crippen molar-refractivity contribution in [3.8, 4) is 5.69 Å². The van der Waals surface area contributed by atoms with Crippen LogP contribution in [0.3, 0.4) is 0 Å². The first-order valence-electron chi connectivity index (χ1n) is 14.6. The Balaban J connectivity index is 1.45. The summed E-state index contributed by atoms with van der Waals surface area (Å²) in [6.45, 7) is 10.4. The van der Waals surface area contributed by atoms with E-state index in [1.54, 1.807) is 36.6 Å². The van der Waals surface area contributed by atoms with E-state index in [4.69, 9.17) is 10.5 Å². The minimum Gasteiger partial charge on any atom is -0.444 e. The Labute approximate surface area is 248 Å². The number of alkyl halides is 3. The molecule has 2 fully saturated rings. The number of piperidine rings is 1. The predicted molar refractivity (Wildman–Crippen MR) is 153 cm³/mol. The summed E-state index contributed by atoms with van der Waals surface area (Å²) in [5.41, 5.74) is 3.63. The minimum atomic E-state index is -4.84. The molecule has 2 aliphatic heterocycles. The van der Waals surface area contributed by atoms with Crippen LogP contribution in [0.1, 0.15) is 92.4 Å². The van der Waals surface area contributed by atoms with Crippen LogP contribution in [0.2, 0.25) is 0 Å². The molecule has 1 aromatic heterocycles. The summed E-state index contributed by atoms with van der Waals surface area (Å²) in [7, 11) is 0. The smallest absolute Gasteiger partial charge is 0.435 e. The van der Waals surface area contributed by atoms with E-state index in [1.165, 1.54) is 16.8 Å². The van der Waals surface area contributed by atoms with Gasteiger partial charge in [0.05, 0.1) is 22.5 Å². The highest BCUT2D eigenvalue weighted by molar-refractivity contribution is 6.00. The normalized spacial score (nSPS) is 19.3. The zero-order chi connectivity index (χ0) is 31.5. The summed E-state index contributed by atoms with van der Waals surface area (Å²) in [5, 5.41) is 7.25. The van der Waals surface area contributed by atoms with Crippen LogP contribution in [0, 0.1) is 5.92 Å². The lowest BCUT2D eigenvalue weighted by atomic mass is 9.87. The van der Waals surface area contributed by atoms with Crippen LogP contribution in [0.5, 0.6) is 0 Å². The number of halogens is 3. The molecule has 1 saturated heterocycles. The largest absolute Gasteiger partial charge is 0.444 e. The van der Waals surface area contributed by atoms with Crippen LogP contribution >= 0.6 is 0 Å². The molecule has 43 heavy (non-hydrogen) atoms. The number of nitrogens with one attached hydrogen (secondary N) is 1. The molecule has 0 unspecified atom stereocenters. The fourth-order valence-electron chi connectivity index (χ4n) is 5.81. The van der Waals surface area contributed by atoms with E-state index in [2.05, 4.69) is 10.4 Å². The number of likely N-dealkylation sites (tertiary alicyclic amines) is 1. The third-order valence-corrected chi connectivity index (χ3v) is 8.20. The summed E-state index contributed by atoms with van der Waals surface area (Å²) >= 11 is 0. The average Bonchev–Trinajstić information content (AvgIpc) is 3.63. The van der Waals surface area contributed by atoms with Gasteiger partial charge in [-0.1, -0.05) is 0 Å². The molecule has 1 saturated carbocycles. The number of hydrogen-bond donors (Lipinski definition) is 2. The highest BCUT2D eigenvalue weighted by atomic mass is 19.4. The fourth-order valence-corrected chi connectivity index (χ4v) is 5.81. The van der Waals surface area contributed by atoms with Gasteiger partial charge in [0.2, 0.25) is 0 Å². The van der Waals surface area contributed by atoms with Crippen molar-refractivity contribution in [2.45, 2.75) is 90.1 Å². The first-order valence-corrected chi connectivity index (χ1v) is 14.6. The van der Waals surface area contributed by atoms with E-state index < -0.39 is 46.5 Å². The van der Waals surface area contributed by atoms with Crippen molar-refractivity contribution in [1.29, 1.82) is 0 Å². The van der Waals surface area contributed by atoms with E-state index in [1.807, 2.05) is 13.8 Å². The summed E-state index contributed by atoms with van der Waals surface area (Å²) in [6.07, 6.45) is -2.04. The van der Waals surface area contributed by atoms with Crippen molar-refractivity contribution < 1.29 is 32.3 Å². The highest BCUT2D eigenvalue weighted by Gasteiger charge is 2.49. The molecule has 13 heteroatoms. The molecule has 1 aromatic carbocycles. The Morgan fingerprint density at radius 1 is 1.12 bits per heavy atom. The van der Waals surface area contributed by atoms with Gasteiger partial charge in [0, 0.05) is 43.3 Å². The fraction of sp³-hybridized carbons (Fsp3) is 0.600. The summed E-state index contributed by atoms with van der Waals surface area (Å²) < 4.78 is 49.4. The number of aromatic nitrogens is 2. The van der Waals surface area contributed by atoms with Crippen molar-refractivity contribution in [2.75, 3.05) is 25.0 Å². The maximum atomic E-state index is 14.3. The van der Waals surface area contributed by atoms with Crippen LogP contribution < -0.4 is 11.1 Å². The number of amides is 3. The first-order chi connectivity index (χ1) is 19.9. The monoisotopic (exact) mass is 604 g/mol. The van der Waals surface area contributed by atoms with Crippen LogP contribution in [0.25, 0.3) is 5.69 Å². The van der Waals surface area contributed by atoms with Gasteiger partial charge in [0.15, 0.2) is 5.69 Å². The molecule has 0 radical (unpaired) electrons. The zero-order valence-corrected chi connectivity index (χ0v) is 25.2. The molecule has 1 aliphatic carbocycles. The van der Waals surface area contributed by atoms with Gasteiger partial charge in [-0.2, -0.15) is 18.3 Å². The third-order valence-electron chi connectivity index (χ3n) is 8.20. The van der Waals surface area contributed by atoms with Crippen molar-refractivity contribution in [2.24, 2.45) is 11.7 Å². The van der Waals surface area contributed by atoms with Gasteiger partial charge < -0.3 is 25.6 Å². The van der Waals surface area contributed by atoms with Crippen LogP contribution in [-0.2, 0) is 17.3 Å². The van der Waals surface area contributed by atoms with Crippen LogP contribution in [0.15, 0.2) is 18.2 Å². The second-order valence-corrected chi connectivity index (χ2v) is 13.4. The molecule has 3 amide bonds. The molecule has 2 aromatic rings. The van der Waals surface area contributed by atoms with Crippen molar-refractivity contribution >= 4 is 23.6 Å². The van der Waals surface area contributed by atoms with E-state index in [-0.39, 0.29) is 29.4 Å².